The molecule has 0 radical (unpaired) electrons. The fraction of sp³-hybridized carbons (Fsp3) is 0.250. The summed E-state index contributed by atoms with van der Waals surface area (Å²) in [7, 11) is 0. The summed E-state index contributed by atoms with van der Waals surface area (Å²) in [5.41, 5.74) is 3.32. The highest BCUT2D eigenvalue weighted by atomic mass is 35.5. The van der Waals surface area contributed by atoms with Gasteiger partial charge in [0.2, 0.25) is 0 Å². The lowest BCUT2D eigenvalue weighted by atomic mass is 10.1. The number of aromatic hydroxyl groups is 1. The van der Waals surface area contributed by atoms with Crippen LogP contribution in [0, 0.1) is 6.92 Å². The third-order valence-corrected chi connectivity index (χ3v) is 3.41. The average molecular weight is 276 g/mol. The molecule has 0 fully saturated rings. The maximum Gasteiger partial charge on any atom is 0.115 e. The van der Waals surface area contributed by atoms with Crippen LogP contribution in [0.1, 0.15) is 18.1 Å². The van der Waals surface area contributed by atoms with Gasteiger partial charge in [0, 0.05) is 6.04 Å². The summed E-state index contributed by atoms with van der Waals surface area (Å²) in [5.74, 6) is 0.298. The first-order valence-corrected chi connectivity index (χ1v) is 6.73. The molecule has 0 amide bonds. The second-order valence-electron chi connectivity index (χ2n) is 4.85. The standard InChI is InChI=1S/C16H18ClNO/c1-11-4-3-5-15(17)16(11)18-12(2)10-13-6-8-14(19)9-7-13/h3-9,12,18-19H,10H2,1-2H3. The minimum absolute atomic E-state index is 0.267. The molecule has 0 heterocycles. The number of benzene rings is 2. The second-order valence-corrected chi connectivity index (χ2v) is 5.25. The summed E-state index contributed by atoms with van der Waals surface area (Å²) in [5, 5.41) is 13.5. The van der Waals surface area contributed by atoms with Gasteiger partial charge in [-0.15, -0.1) is 0 Å². The van der Waals surface area contributed by atoms with Gasteiger partial charge in [-0.1, -0.05) is 35.9 Å². The Morgan fingerprint density at radius 2 is 1.84 bits per heavy atom. The Kier molecular flexibility index (Phi) is 4.33. The summed E-state index contributed by atoms with van der Waals surface area (Å²) in [6.07, 6.45) is 0.880. The number of phenols is 1. The topological polar surface area (TPSA) is 32.3 Å². The molecule has 2 N–H and O–H groups in total. The summed E-state index contributed by atoms with van der Waals surface area (Å²) in [4.78, 5) is 0. The lowest BCUT2D eigenvalue weighted by Crippen LogP contribution is -2.18. The maximum atomic E-state index is 9.27. The Labute approximate surface area is 119 Å². The predicted octanol–water partition coefficient (Wildman–Crippen LogP) is 4.40. The minimum Gasteiger partial charge on any atom is -0.508 e. The predicted molar refractivity (Wildman–Crippen MR) is 81.1 cm³/mol. The number of hydrogen-bond donors (Lipinski definition) is 2. The van der Waals surface area contributed by atoms with E-state index in [2.05, 4.69) is 12.2 Å². The van der Waals surface area contributed by atoms with E-state index in [0.29, 0.717) is 5.75 Å². The zero-order valence-electron chi connectivity index (χ0n) is 11.2. The van der Waals surface area contributed by atoms with Crippen molar-refractivity contribution in [3.8, 4) is 5.75 Å². The zero-order chi connectivity index (χ0) is 13.8. The van der Waals surface area contributed by atoms with Crippen LogP contribution in [-0.4, -0.2) is 11.1 Å². The van der Waals surface area contributed by atoms with Crippen LogP contribution >= 0.6 is 11.6 Å². The fourth-order valence-electron chi connectivity index (χ4n) is 2.10. The number of rotatable bonds is 4. The van der Waals surface area contributed by atoms with Crippen LogP contribution in [0.4, 0.5) is 5.69 Å². The number of phenolic OH excluding ortho intramolecular Hbond substituents is 1. The number of para-hydroxylation sites is 1. The molecule has 2 rings (SSSR count). The molecule has 0 aliphatic carbocycles. The van der Waals surface area contributed by atoms with Gasteiger partial charge >= 0.3 is 0 Å². The van der Waals surface area contributed by atoms with E-state index in [1.165, 1.54) is 5.56 Å². The van der Waals surface area contributed by atoms with Crippen molar-refractivity contribution < 1.29 is 5.11 Å². The van der Waals surface area contributed by atoms with Gasteiger partial charge in [0.05, 0.1) is 10.7 Å². The Bertz CT molecular complexity index is 531. The highest BCUT2D eigenvalue weighted by Crippen LogP contribution is 2.26. The number of anilines is 1. The van der Waals surface area contributed by atoms with Gasteiger partial charge in [-0.3, -0.25) is 0 Å². The molecule has 1 unspecified atom stereocenters. The van der Waals surface area contributed by atoms with E-state index in [9.17, 15) is 5.11 Å². The molecule has 3 heteroatoms. The van der Waals surface area contributed by atoms with Crippen LogP contribution in [0.5, 0.6) is 5.75 Å². The van der Waals surface area contributed by atoms with Crippen molar-refractivity contribution in [2.75, 3.05) is 5.32 Å². The molecule has 0 spiro atoms. The quantitative estimate of drug-likeness (QED) is 0.867. The van der Waals surface area contributed by atoms with Crippen molar-refractivity contribution in [1.82, 2.24) is 0 Å². The Morgan fingerprint density at radius 3 is 2.47 bits per heavy atom. The summed E-state index contributed by atoms with van der Waals surface area (Å²) in [6, 6.07) is 13.5. The second kappa shape index (κ2) is 5.98. The van der Waals surface area contributed by atoms with Crippen molar-refractivity contribution in [2.45, 2.75) is 26.3 Å². The zero-order valence-corrected chi connectivity index (χ0v) is 11.9. The molecule has 1 atom stereocenters. The molecule has 0 aromatic heterocycles. The fourth-order valence-corrected chi connectivity index (χ4v) is 2.37. The lowest BCUT2D eigenvalue weighted by Gasteiger charge is -2.18. The van der Waals surface area contributed by atoms with Gasteiger partial charge in [0.1, 0.15) is 5.75 Å². The van der Waals surface area contributed by atoms with Crippen LogP contribution in [0.15, 0.2) is 42.5 Å². The van der Waals surface area contributed by atoms with E-state index < -0.39 is 0 Å². The first-order chi connectivity index (χ1) is 9.06. The normalized spacial score (nSPS) is 12.2. The molecular weight excluding hydrogens is 258 g/mol. The number of aryl methyl sites for hydroxylation is 1. The van der Waals surface area contributed by atoms with Crippen LogP contribution < -0.4 is 5.32 Å². The van der Waals surface area contributed by atoms with Crippen LogP contribution in [0.3, 0.4) is 0 Å². The third-order valence-electron chi connectivity index (χ3n) is 3.09. The monoisotopic (exact) mass is 275 g/mol. The van der Waals surface area contributed by atoms with Gasteiger partial charge in [0.25, 0.3) is 0 Å². The Morgan fingerprint density at radius 1 is 1.16 bits per heavy atom. The van der Waals surface area contributed by atoms with Gasteiger partial charge in [-0.25, -0.2) is 0 Å². The van der Waals surface area contributed by atoms with E-state index in [4.69, 9.17) is 11.6 Å². The van der Waals surface area contributed by atoms with Crippen molar-refractivity contribution in [2.24, 2.45) is 0 Å². The molecule has 0 bridgehead atoms. The van der Waals surface area contributed by atoms with E-state index >= 15 is 0 Å². The Hall–Kier alpha value is -1.67. The first kappa shape index (κ1) is 13.8. The average Bonchev–Trinajstić information content (AvgIpc) is 2.37. The van der Waals surface area contributed by atoms with Crippen molar-refractivity contribution in [3.63, 3.8) is 0 Å². The van der Waals surface area contributed by atoms with Gasteiger partial charge in [-0.05, 0) is 49.6 Å². The lowest BCUT2D eigenvalue weighted by molar-refractivity contribution is 0.475. The smallest absolute Gasteiger partial charge is 0.115 e. The van der Waals surface area contributed by atoms with E-state index in [0.717, 1.165) is 22.7 Å². The summed E-state index contributed by atoms with van der Waals surface area (Å²) < 4.78 is 0. The van der Waals surface area contributed by atoms with Gasteiger partial charge in [0.15, 0.2) is 0 Å². The van der Waals surface area contributed by atoms with E-state index in [1.807, 2.05) is 37.3 Å². The minimum atomic E-state index is 0.267. The molecule has 2 aromatic carbocycles. The maximum absolute atomic E-state index is 9.27. The molecule has 19 heavy (non-hydrogen) atoms. The van der Waals surface area contributed by atoms with Crippen molar-refractivity contribution >= 4 is 17.3 Å². The summed E-state index contributed by atoms with van der Waals surface area (Å²) in [6.45, 7) is 4.16. The van der Waals surface area contributed by atoms with E-state index in [1.54, 1.807) is 12.1 Å². The first-order valence-electron chi connectivity index (χ1n) is 6.36. The van der Waals surface area contributed by atoms with Crippen LogP contribution in [0.25, 0.3) is 0 Å². The number of hydrogen-bond acceptors (Lipinski definition) is 2. The largest absolute Gasteiger partial charge is 0.508 e. The molecular formula is C16H18ClNO. The molecule has 2 nitrogen and oxygen atoms in total. The van der Waals surface area contributed by atoms with E-state index in [-0.39, 0.29) is 6.04 Å². The van der Waals surface area contributed by atoms with Crippen LogP contribution in [0.2, 0.25) is 5.02 Å². The molecule has 0 saturated carbocycles. The number of halogens is 1. The molecule has 2 aromatic rings. The molecule has 0 aliphatic heterocycles. The Balaban J connectivity index is 2.05. The molecule has 0 aliphatic rings. The third kappa shape index (κ3) is 3.65. The van der Waals surface area contributed by atoms with Crippen molar-refractivity contribution in [3.05, 3.63) is 58.6 Å². The molecule has 0 saturated heterocycles. The highest BCUT2D eigenvalue weighted by Gasteiger charge is 2.08. The summed E-state index contributed by atoms with van der Waals surface area (Å²) >= 11 is 6.20. The van der Waals surface area contributed by atoms with Gasteiger partial charge < -0.3 is 10.4 Å². The SMILES string of the molecule is Cc1cccc(Cl)c1NC(C)Cc1ccc(O)cc1. The van der Waals surface area contributed by atoms with Crippen molar-refractivity contribution in [1.29, 1.82) is 0 Å². The molecule has 100 valence electrons. The van der Waals surface area contributed by atoms with Crippen LogP contribution in [-0.2, 0) is 6.42 Å². The highest BCUT2D eigenvalue weighted by molar-refractivity contribution is 6.33. The number of nitrogens with one attached hydrogen (secondary N) is 1. The van der Waals surface area contributed by atoms with Gasteiger partial charge in [-0.2, -0.15) is 0 Å².